The maximum Gasteiger partial charge on any atom is 0.251 e. The number of Topliss-reactive ketones (excluding diaryl/α,β-unsaturated/α-hetero) is 1. The van der Waals surface area contributed by atoms with Crippen molar-refractivity contribution in [1.82, 2.24) is 15.3 Å². The lowest BCUT2D eigenvalue weighted by atomic mass is 9.98. The molecule has 4 rings (SSSR count). The van der Waals surface area contributed by atoms with Gasteiger partial charge in [-0.05, 0) is 19.1 Å². The zero-order valence-electron chi connectivity index (χ0n) is 17.4. The molecule has 0 bridgehead atoms. The quantitative estimate of drug-likeness (QED) is 0.707. The van der Waals surface area contributed by atoms with Crippen LogP contribution in [0.5, 0.6) is 11.5 Å². The van der Waals surface area contributed by atoms with Gasteiger partial charge in [0.2, 0.25) is 11.7 Å². The second-order valence-corrected chi connectivity index (χ2v) is 7.10. The number of hydrogen-bond donors (Lipinski definition) is 2. The highest BCUT2D eigenvalue weighted by atomic mass is 19.1. The molecule has 2 heterocycles. The van der Waals surface area contributed by atoms with E-state index in [2.05, 4.69) is 25.6 Å². The van der Waals surface area contributed by atoms with Gasteiger partial charge < -0.3 is 20.1 Å². The van der Waals surface area contributed by atoms with Gasteiger partial charge in [0.05, 0.1) is 11.9 Å². The van der Waals surface area contributed by atoms with Gasteiger partial charge in [0.15, 0.2) is 23.1 Å². The predicted molar refractivity (Wildman–Crippen MR) is 115 cm³/mol. The first-order valence-electron chi connectivity index (χ1n) is 9.88. The number of hydrogen-bond acceptors (Lipinski definition) is 8. The number of benzene rings is 1. The van der Waals surface area contributed by atoms with E-state index in [4.69, 9.17) is 9.47 Å². The molecule has 1 amide bonds. The molecule has 1 aromatic carbocycles. The molecule has 1 aromatic heterocycles. The number of halogens is 1. The number of allylic oxidation sites excluding steroid dienone is 3. The Bertz CT molecular complexity index is 1170. The van der Waals surface area contributed by atoms with Crippen LogP contribution in [0, 0.1) is 5.82 Å². The van der Waals surface area contributed by atoms with Gasteiger partial charge in [0.25, 0.3) is 5.95 Å². The summed E-state index contributed by atoms with van der Waals surface area (Å²) in [6.45, 7) is 2.32. The molecule has 0 fully saturated rings. The van der Waals surface area contributed by atoms with E-state index >= 15 is 0 Å². The van der Waals surface area contributed by atoms with Crippen molar-refractivity contribution in [3.63, 3.8) is 0 Å². The van der Waals surface area contributed by atoms with Gasteiger partial charge in [-0.3, -0.25) is 9.59 Å². The average Bonchev–Trinajstić information content (AvgIpc) is 2.78. The van der Waals surface area contributed by atoms with Gasteiger partial charge >= 0.3 is 0 Å². The number of likely N-dealkylation sites (N-methyl/N-ethyl adjacent to an activating group) is 1. The minimum Gasteiger partial charge on any atom is -0.486 e. The van der Waals surface area contributed by atoms with Crippen LogP contribution in [-0.2, 0) is 9.59 Å². The lowest BCUT2D eigenvalue weighted by molar-refractivity contribution is -0.116. The third-order valence-corrected chi connectivity index (χ3v) is 4.64. The average molecular weight is 437 g/mol. The Kier molecular flexibility index (Phi) is 5.93. The van der Waals surface area contributed by atoms with Crippen molar-refractivity contribution < 1.29 is 23.5 Å². The normalized spacial score (nSPS) is 19.8. The highest BCUT2D eigenvalue weighted by Crippen LogP contribution is 2.35. The molecule has 0 spiro atoms. The molecule has 2 aromatic rings. The van der Waals surface area contributed by atoms with Crippen molar-refractivity contribution in [3.05, 3.63) is 54.0 Å². The van der Waals surface area contributed by atoms with Crippen molar-refractivity contribution >= 4 is 34.9 Å². The van der Waals surface area contributed by atoms with E-state index in [-0.39, 0.29) is 35.6 Å². The first kappa shape index (κ1) is 21.2. The number of carbonyl (C=O) groups excluding carboxylic acids is 2. The fourth-order valence-corrected chi connectivity index (χ4v) is 3.07. The van der Waals surface area contributed by atoms with Crippen molar-refractivity contribution in [1.29, 1.82) is 0 Å². The summed E-state index contributed by atoms with van der Waals surface area (Å²) in [5.41, 5.74) is 0.875. The summed E-state index contributed by atoms with van der Waals surface area (Å²) in [7, 11) is 1.47. The SMILES string of the molecule is CNC(=O)C=C1C=CCC(=Nc2ncc(F)c(Nc3ccc4c(c3)OCC(C)O4)n2)C1=O. The van der Waals surface area contributed by atoms with Crippen LogP contribution in [0.25, 0.3) is 0 Å². The molecular formula is C22H20FN5O4. The van der Waals surface area contributed by atoms with Crippen LogP contribution >= 0.6 is 0 Å². The number of ketones is 1. The van der Waals surface area contributed by atoms with Crippen molar-refractivity contribution in [2.24, 2.45) is 4.99 Å². The number of anilines is 2. The molecule has 1 aliphatic heterocycles. The summed E-state index contributed by atoms with van der Waals surface area (Å²) >= 11 is 0. The minimum absolute atomic E-state index is 0.0497. The fraction of sp³-hybridized carbons (Fsp3) is 0.227. The molecule has 164 valence electrons. The molecule has 0 radical (unpaired) electrons. The third kappa shape index (κ3) is 4.64. The van der Waals surface area contributed by atoms with E-state index in [9.17, 15) is 14.0 Å². The molecule has 1 aliphatic carbocycles. The van der Waals surface area contributed by atoms with E-state index in [1.165, 1.54) is 13.1 Å². The van der Waals surface area contributed by atoms with Crippen LogP contribution in [0.3, 0.4) is 0 Å². The summed E-state index contributed by atoms with van der Waals surface area (Å²) < 4.78 is 25.6. The molecule has 1 unspecified atom stereocenters. The van der Waals surface area contributed by atoms with Crippen molar-refractivity contribution in [2.45, 2.75) is 19.4 Å². The summed E-state index contributed by atoms with van der Waals surface area (Å²) in [5, 5.41) is 5.29. The Morgan fingerprint density at radius 3 is 3.00 bits per heavy atom. The van der Waals surface area contributed by atoms with Gasteiger partial charge in [-0.2, -0.15) is 4.98 Å². The van der Waals surface area contributed by atoms with Gasteiger partial charge in [0.1, 0.15) is 12.7 Å². The zero-order valence-corrected chi connectivity index (χ0v) is 17.4. The van der Waals surface area contributed by atoms with Gasteiger partial charge in [-0.1, -0.05) is 12.2 Å². The molecular weight excluding hydrogens is 417 g/mol. The number of rotatable bonds is 4. The Labute approximate surface area is 183 Å². The Morgan fingerprint density at radius 1 is 1.34 bits per heavy atom. The number of aromatic nitrogens is 2. The first-order chi connectivity index (χ1) is 15.4. The van der Waals surface area contributed by atoms with Crippen molar-refractivity contribution in [3.8, 4) is 11.5 Å². The highest BCUT2D eigenvalue weighted by Gasteiger charge is 2.21. The number of nitrogens with one attached hydrogen (secondary N) is 2. The number of nitrogens with zero attached hydrogens (tertiary/aromatic N) is 3. The largest absolute Gasteiger partial charge is 0.486 e. The zero-order chi connectivity index (χ0) is 22.7. The van der Waals surface area contributed by atoms with Crippen LogP contribution in [0.4, 0.5) is 21.8 Å². The Morgan fingerprint density at radius 2 is 2.19 bits per heavy atom. The van der Waals surface area contributed by atoms with Crippen LogP contribution < -0.4 is 20.1 Å². The van der Waals surface area contributed by atoms with E-state index in [1.807, 2.05) is 6.92 Å². The van der Waals surface area contributed by atoms with E-state index in [0.29, 0.717) is 23.8 Å². The van der Waals surface area contributed by atoms with Crippen LogP contribution in [0.15, 0.2) is 53.2 Å². The molecule has 0 saturated heterocycles. The highest BCUT2D eigenvalue weighted by molar-refractivity contribution is 6.48. The number of aliphatic imine (C=N–C) groups is 1. The molecule has 9 nitrogen and oxygen atoms in total. The first-order valence-corrected chi connectivity index (χ1v) is 9.88. The van der Waals surface area contributed by atoms with E-state index in [1.54, 1.807) is 30.4 Å². The van der Waals surface area contributed by atoms with Gasteiger partial charge in [-0.25, -0.2) is 14.4 Å². The number of fused-ring (bicyclic) bond motifs is 1. The van der Waals surface area contributed by atoms with Crippen molar-refractivity contribution in [2.75, 3.05) is 19.0 Å². The maximum absolute atomic E-state index is 14.3. The monoisotopic (exact) mass is 437 g/mol. The Balaban J connectivity index is 1.57. The van der Waals surface area contributed by atoms with Gasteiger partial charge in [0, 0.05) is 36.9 Å². The van der Waals surface area contributed by atoms with Gasteiger partial charge in [-0.15, -0.1) is 0 Å². The van der Waals surface area contributed by atoms with Crippen LogP contribution in [0.1, 0.15) is 13.3 Å². The predicted octanol–water partition coefficient (Wildman–Crippen LogP) is 2.79. The fourth-order valence-electron chi connectivity index (χ4n) is 3.07. The topological polar surface area (TPSA) is 115 Å². The summed E-state index contributed by atoms with van der Waals surface area (Å²) in [6, 6.07) is 5.11. The third-order valence-electron chi connectivity index (χ3n) is 4.64. The smallest absolute Gasteiger partial charge is 0.251 e. The summed E-state index contributed by atoms with van der Waals surface area (Å²) in [4.78, 5) is 36.3. The molecule has 0 saturated carbocycles. The molecule has 2 N–H and O–H groups in total. The maximum atomic E-state index is 14.3. The summed E-state index contributed by atoms with van der Waals surface area (Å²) in [5.74, 6) is -0.556. The lowest BCUT2D eigenvalue weighted by Crippen LogP contribution is -2.25. The number of amides is 1. The standard InChI is InChI=1S/C22H20FN5O4/c1-12-11-31-18-9-14(6-7-17(18)32-12)26-21-15(23)10-25-22(28-21)27-16-5-3-4-13(20(16)30)8-19(29)24-2/h3-4,6-10,12H,5,11H2,1-2H3,(H,24,29)(H,25,26,28). The van der Waals surface area contributed by atoms with E-state index < -0.39 is 17.5 Å². The second kappa shape index (κ2) is 8.96. The second-order valence-electron chi connectivity index (χ2n) is 7.10. The molecule has 1 atom stereocenters. The van der Waals surface area contributed by atoms with Crippen LogP contribution in [0.2, 0.25) is 0 Å². The van der Waals surface area contributed by atoms with E-state index in [0.717, 1.165) is 6.20 Å². The number of ether oxygens (including phenoxy) is 2. The summed E-state index contributed by atoms with van der Waals surface area (Å²) in [6.07, 6.45) is 5.61. The lowest BCUT2D eigenvalue weighted by Gasteiger charge is -2.24. The van der Waals surface area contributed by atoms with Crippen LogP contribution in [-0.4, -0.2) is 47.1 Å². The Hall–Kier alpha value is -4.08. The minimum atomic E-state index is -0.687. The molecule has 2 aliphatic rings. The number of carbonyl (C=O) groups is 2. The molecule has 10 heteroatoms. The molecule has 32 heavy (non-hydrogen) atoms.